The molecule has 0 fully saturated rings. The van der Waals surface area contributed by atoms with Crippen LogP contribution in [0.2, 0.25) is 0 Å². The topological polar surface area (TPSA) is 38.9 Å². The van der Waals surface area contributed by atoms with Crippen LogP contribution in [0.25, 0.3) is 11.3 Å². The van der Waals surface area contributed by atoms with Gasteiger partial charge in [-0.2, -0.15) is 26.3 Å². The highest BCUT2D eigenvalue weighted by Crippen LogP contribution is 2.39. The molecule has 112 valence electrons. The van der Waals surface area contributed by atoms with Crippen molar-refractivity contribution >= 4 is 5.69 Å². The Morgan fingerprint density at radius 2 is 1.43 bits per heavy atom. The zero-order valence-electron chi connectivity index (χ0n) is 10.3. The number of hydrogen-bond acceptors (Lipinski definition) is 2. The summed E-state index contributed by atoms with van der Waals surface area (Å²) in [5, 5.41) is 0. The van der Waals surface area contributed by atoms with Gasteiger partial charge in [0.15, 0.2) is 0 Å². The maximum Gasteiger partial charge on any atom is 0.433 e. The van der Waals surface area contributed by atoms with Crippen LogP contribution < -0.4 is 5.73 Å². The molecular formula is C13H8F6N2. The molecule has 0 spiro atoms. The number of pyridine rings is 1. The van der Waals surface area contributed by atoms with Crippen LogP contribution in [0.4, 0.5) is 32.0 Å². The summed E-state index contributed by atoms with van der Waals surface area (Å²) in [6.07, 6.45) is -9.49. The molecule has 2 aromatic rings. The third kappa shape index (κ3) is 3.09. The molecule has 0 bridgehead atoms. The van der Waals surface area contributed by atoms with E-state index in [1.165, 1.54) is 6.07 Å². The molecule has 0 unspecified atom stereocenters. The molecule has 0 radical (unpaired) electrons. The molecule has 0 saturated heterocycles. The van der Waals surface area contributed by atoms with Crippen LogP contribution in [-0.4, -0.2) is 4.98 Å². The second-order valence-electron chi connectivity index (χ2n) is 4.18. The van der Waals surface area contributed by atoms with Crippen molar-refractivity contribution in [1.29, 1.82) is 0 Å². The van der Waals surface area contributed by atoms with Crippen LogP contribution in [0, 0.1) is 0 Å². The molecule has 1 aromatic carbocycles. The first-order chi connectivity index (χ1) is 9.60. The quantitative estimate of drug-likeness (QED) is 0.795. The van der Waals surface area contributed by atoms with Crippen LogP contribution in [0.1, 0.15) is 11.3 Å². The summed E-state index contributed by atoms with van der Waals surface area (Å²) in [7, 11) is 0. The van der Waals surface area contributed by atoms with Gasteiger partial charge in [-0.05, 0) is 18.2 Å². The van der Waals surface area contributed by atoms with Crippen LogP contribution in [-0.2, 0) is 12.4 Å². The van der Waals surface area contributed by atoms with E-state index in [4.69, 9.17) is 5.73 Å². The van der Waals surface area contributed by atoms with Crippen LogP contribution in [0.15, 0.2) is 36.4 Å². The van der Waals surface area contributed by atoms with Gasteiger partial charge in [-0.15, -0.1) is 0 Å². The lowest BCUT2D eigenvalue weighted by molar-refractivity contribution is -0.141. The first kappa shape index (κ1) is 15.1. The number of nitrogens with zero attached hydrogens (tertiary/aromatic N) is 1. The maximum absolute atomic E-state index is 12.9. The number of hydrogen-bond donors (Lipinski definition) is 1. The van der Waals surface area contributed by atoms with Crippen molar-refractivity contribution in [3.05, 3.63) is 47.7 Å². The summed E-state index contributed by atoms with van der Waals surface area (Å²) in [5.74, 6) is 0. The van der Waals surface area contributed by atoms with E-state index in [0.29, 0.717) is 6.07 Å². The lowest BCUT2D eigenvalue weighted by Crippen LogP contribution is -2.12. The average molecular weight is 306 g/mol. The van der Waals surface area contributed by atoms with Gasteiger partial charge in [-0.3, -0.25) is 0 Å². The maximum atomic E-state index is 12.9. The molecule has 21 heavy (non-hydrogen) atoms. The molecule has 2 nitrogen and oxygen atoms in total. The Hall–Kier alpha value is -2.25. The van der Waals surface area contributed by atoms with Crippen molar-refractivity contribution in [1.82, 2.24) is 4.98 Å². The minimum Gasteiger partial charge on any atom is -0.397 e. The third-order valence-corrected chi connectivity index (χ3v) is 2.70. The fourth-order valence-corrected chi connectivity index (χ4v) is 1.78. The van der Waals surface area contributed by atoms with E-state index in [9.17, 15) is 26.3 Å². The van der Waals surface area contributed by atoms with Crippen molar-refractivity contribution in [2.45, 2.75) is 12.4 Å². The molecule has 1 aromatic heterocycles. The highest BCUT2D eigenvalue weighted by Gasteiger charge is 2.36. The largest absolute Gasteiger partial charge is 0.433 e. The van der Waals surface area contributed by atoms with Crippen molar-refractivity contribution in [2.75, 3.05) is 5.73 Å². The molecule has 0 atom stereocenters. The molecule has 2 N–H and O–H groups in total. The highest BCUT2D eigenvalue weighted by atomic mass is 19.4. The van der Waals surface area contributed by atoms with Gasteiger partial charge in [-0.25, -0.2) is 4.98 Å². The minimum atomic E-state index is -4.77. The fraction of sp³-hybridized carbons (Fsp3) is 0.154. The van der Waals surface area contributed by atoms with E-state index in [1.807, 2.05) is 0 Å². The van der Waals surface area contributed by atoms with Gasteiger partial charge in [0.2, 0.25) is 0 Å². The first-order valence-corrected chi connectivity index (χ1v) is 5.61. The summed E-state index contributed by atoms with van der Waals surface area (Å²) in [5.41, 5.74) is 1.78. The van der Waals surface area contributed by atoms with Crippen molar-refractivity contribution in [3.8, 4) is 11.3 Å². The van der Waals surface area contributed by atoms with Gasteiger partial charge < -0.3 is 5.73 Å². The van der Waals surface area contributed by atoms with E-state index < -0.39 is 34.9 Å². The number of benzene rings is 1. The minimum absolute atomic E-state index is 0.264. The second kappa shape index (κ2) is 4.94. The summed E-state index contributed by atoms with van der Waals surface area (Å²) in [6.45, 7) is 0. The Balaban J connectivity index is 2.68. The number of anilines is 1. The normalized spacial score (nSPS) is 12.5. The molecule has 0 saturated carbocycles. The number of halogens is 6. The number of nitrogen functional groups attached to an aromatic ring is 1. The Labute approximate surface area is 115 Å². The molecular weight excluding hydrogens is 298 g/mol. The summed E-state index contributed by atoms with van der Waals surface area (Å²) >= 11 is 0. The lowest BCUT2D eigenvalue weighted by atomic mass is 10.0. The zero-order valence-corrected chi connectivity index (χ0v) is 10.3. The van der Waals surface area contributed by atoms with E-state index in [-0.39, 0.29) is 5.69 Å². The van der Waals surface area contributed by atoms with E-state index >= 15 is 0 Å². The number of aromatic nitrogens is 1. The van der Waals surface area contributed by atoms with Gasteiger partial charge in [0, 0.05) is 5.56 Å². The SMILES string of the molecule is Nc1ccc(C(F)(F)F)nc1-c1ccccc1C(F)(F)F. The van der Waals surface area contributed by atoms with Crippen LogP contribution >= 0.6 is 0 Å². The molecule has 0 aliphatic carbocycles. The van der Waals surface area contributed by atoms with Gasteiger partial charge >= 0.3 is 12.4 Å². The van der Waals surface area contributed by atoms with Gasteiger partial charge in [0.1, 0.15) is 5.69 Å². The molecule has 0 aliphatic heterocycles. The van der Waals surface area contributed by atoms with Crippen molar-refractivity contribution in [3.63, 3.8) is 0 Å². The van der Waals surface area contributed by atoms with Crippen molar-refractivity contribution in [2.24, 2.45) is 0 Å². The zero-order chi connectivity index (χ0) is 15.8. The molecule has 1 heterocycles. The van der Waals surface area contributed by atoms with E-state index in [1.54, 1.807) is 0 Å². The Bertz CT molecular complexity index is 660. The average Bonchev–Trinajstić information content (AvgIpc) is 2.37. The molecule has 0 amide bonds. The van der Waals surface area contributed by atoms with Crippen LogP contribution in [0.3, 0.4) is 0 Å². The highest BCUT2D eigenvalue weighted by molar-refractivity contribution is 5.75. The first-order valence-electron chi connectivity index (χ1n) is 5.61. The molecule has 8 heteroatoms. The van der Waals surface area contributed by atoms with Crippen LogP contribution in [0.5, 0.6) is 0 Å². The molecule has 2 rings (SSSR count). The third-order valence-electron chi connectivity index (χ3n) is 2.70. The van der Waals surface area contributed by atoms with Crippen molar-refractivity contribution < 1.29 is 26.3 Å². The fourth-order valence-electron chi connectivity index (χ4n) is 1.78. The summed E-state index contributed by atoms with van der Waals surface area (Å²) in [4.78, 5) is 3.24. The predicted octanol–water partition coefficient (Wildman–Crippen LogP) is 4.37. The monoisotopic (exact) mass is 306 g/mol. The summed E-state index contributed by atoms with van der Waals surface area (Å²) < 4.78 is 76.6. The lowest BCUT2D eigenvalue weighted by Gasteiger charge is -2.15. The predicted molar refractivity (Wildman–Crippen MR) is 64.1 cm³/mol. The smallest absolute Gasteiger partial charge is 0.397 e. The number of alkyl halides is 6. The number of rotatable bonds is 1. The Morgan fingerprint density at radius 3 is 2.00 bits per heavy atom. The molecule has 0 aliphatic rings. The van der Waals surface area contributed by atoms with Gasteiger partial charge in [-0.1, -0.05) is 18.2 Å². The van der Waals surface area contributed by atoms with E-state index in [2.05, 4.69) is 4.98 Å². The standard InChI is InChI=1S/C13H8F6N2/c14-12(15,16)8-4-2-1-3-7(8)11-9(20)5-6-10(21-11)13(17,18)19/h1-6H,20H2. The van der Waals surface area contributed by atoms with Gasteiger partial charge in [0.25, 0.3) is 0 Å². The van der Waals surface area contributed by atoms with Gasteiger partial charge in [0.05, 0.1) is 16.9 Å². The second-order valence-corrected chi connectivity index (χ2v) is 4.18. The Morgan fingerprint density at radius 1 is 0.810 bits per heavy atom. The van der Waals surface area contributed by atoms with E-state index in [0.717, 1.165) is 24.3 Å². The summed E-state index contributed by atoms with van der Waals surface area (Å²) in [6, 6.07) is 5.70. The number of nitrogens with two attached hydrogens (primary N) is 1. The Kier molecular flexibility index (Phi) is 3.56.